The molecule has 0 bridgehead atoms. The van der Waals surface area contributed by atoms with Crippen molar-refractivity contribution >= 4 is 33.1 Å². The van der Waals surface area contributed by atoms with Gasteiger partial charge in [-0.25, -0.2) is 0 Å². The van der Waals surface area contributed by atoms with Gasteiger partial charge in [0.15, 0.2) is 5.13 Å². The average Bonchev–Trinajstić information content (AvgIpc) is 3.52. The molecule has 5 aromatic heterocycles. The standard InChI is InChI=1S/C22H15FN6S/c1-29-11-13(8-25-29)12-2-3-17-15(6-12)22(28-27-17)18-7-14-16(9-24-10-19(14)26-18)20-4-5-21(23)30-20/h2-11,26H,1H3,(H,27,28). The van der Waals surface area contributed by atoms with Gasteiger partial charge in [-0.2, -0.15) is 14.6 Å². The first-order valence-electron chi connectivity index (χ1n) is 9.36. The summed E-state index contributed by atoms with van der Waals surface area (Å²) in [4.78, 5) is 8.60. The molecule has 0 spiro atoms. The lowest BCUT2D eigenvalue weighted by Crippen LogP contribution is -1.84. The fourth-order valence-electron chi connectivity index (χ4n) is 3.80. The number of nitrogens with zero attached hydrogens (tertiary/aromatic N) is 4. The van der Waals surface area contributed by atoms with Gasteiger partial charge in [-0.15, -0.1) is 11.3 Å². The second-order valence-corrected chi connectivity index (χ2v) is 8.20. The largest absolute Gasteiger partial charge is 0.352 e. The molecule has 0 aliphatic carbocycles. The minimum atomic E-state index is -0.209. The quantitative estimate of drug-likeness (QED) is 0.409. The smallest absolute Gasteiger partial charge is 0.176 e. The maximum Gasteiger partial charge on any atom is 0.176 e. The molecule has 6 nitrogen and oxygen atoms in total. The molecular weight excluding hydrogens is 399 g/mol. The molecular formula is C22H15FN6S. The predicted octanol–water partition coefficient (Wildman–Crippen LogP) is 5.37. The summed E-state index contributed by atoms with van der Waals surface area (Å²) in [6, 6.07) is 11.5. The van der Waals surface area contributed by atoms with Crippen molar-refractivity contribution in [3.05, 3.63) is 66.3 Å². The second-order valence-electron chi connectivity index (χ2n) is 7.17. The number of pyridine rings is 1. The fraction of sp³-hybridized carbons (Fsp3) is 0.0455. The summed E-state index contributed by atoms with van der Waals surface area (Å²) in [7, 11) is 1.90. The Morgan fingerprint density at radius 3 is 2.70 bits per heavy atom. The summed E-state index contributed by atoms with van der Waals surface area (Å²) in [6.45, 7) is 0. The predicted molar refractivity (Wildman–Crippen MR) is 117 cm³/mol. The highest BCUT2D eigenvalue weighted by Crippen LogP contribution is 2.36. The average molecular weight is 414 g/mol. The number of thiophene rings is 1. The van der Waals surface area contributed by atoms with Crippen molar-refractivity contribution in [2.45, 2.75) is 0 Å². The van der Waals surface area contributed by atoms with Gasteiger partial charge >= 0.3 is 0 Å². The first kappa shape index (κ1) is 17.1. The van der Waals surface area contributed by atoms with Gasteiger partial charge in [0.1, 0.15) is 5.69 Å². The summed E-state index contributed by atoms with van der Waals surface area (Å²) in [5, 5.41) is 13.7. The highest BCUT2D eigenvalue weighted by atomic mass is 32.1. The van der Waals surface area contributed by atoms with Gasteiger partial charge in [0.2, 0.25) is 0 Å². The number of aromatic nitrogens is 6. The molecule has 2 N–H and O–H groups in total. The Morgan fingerprint density at radius 2 is 1.90 bits per heavy atom. The molecule has 0 saturated heterocycles. The molecule has 0 amide bonds. The van der Waals surface area contributed by atoms with E-state index in [1.54, 1.807) is 23.1 Å². The van der Waals surface area contributed by atoms with E-state index >= 15 is 0 Å². The van der Waals surface area contributed by atoms with Crippen molar-refractivity contribution in [1.29, 1.82) is 0 Å². The number of hydrogen-bond acceptors (Lipinski definition) is 4. The van der Waals surface area contributed by atoms with E-state index in [4.69, 9.17) is 0 Å². The Labute approximate surface area is 174 Å². The van der Waals surface area contributed by atoms with Crippen molar-refractivity contribution in [3.63, 3.8) is 0 Å². The highest BCUT2D eigenvalue weighted by molar-refractivity contribution is 7.14. The topological polar surface area (TPSA) is 75.2 Å². The second kappa shape index (κ2) is 6.36. The van der Waals surface area contributed by atoms with E-state index in [1.165, 1.54) is 6.07 Å². The summed E-state index contributed by atoms with van der Waals surface area (Å²) in [5.74, 6) is 0. The molecule has 146 valence electrons. The molecule has 0 radical (unpaired) electrons. The van der Waals surface area contributed by atoms with Crippen LogP contribution in [0.2, 0.25) is 0 Å². The van der Waals surface area contributed by atoms with Crippen LogP contribution in [0.4, 0.5) is 4.39 Å². The van der Waals surface area contributed by atoms with Crippen LogP contribution >= 0.6 is 11.3 Å². The van der Waals surface area contributed by atoms with E-state index in [1.807, 2.05) is 25.5 Å². The molecule has 5 heterocycles. The van der Waals surface area contributed by atoms with Crippen LogP contribution in [0.1, 0.15) is 0 Å². The molecule has 1 aromatic carbocycles. The van der Waals surface area contributed by atoms with Crippen molar-refractivity contribution < 1.29 is 4.39 Å². The Kier molecular flexibility index (Phi) is 3.63. The van der Waals surface area contributed by atoms with E-state index in [9.17, 15) is 4.39 Å². The number of hydrogen-bond donors (Lipinski definition) is 2. The van der Waals surface area contributed by atoms with Gasteiger partial charge in [-0.05, 0) is 35.9 Å². The lowest BCUT2D eigenvalue weighted by Gasteiger charge is -1.99. The summed E-state index contributed by atoms with van der Waals surface area (Å²) in [6.07, 6.45) is 7.39. The van der Waals surface area contributed by atoms with E-state index in [0.29, 0.717) is 0 Å². The van der Waals surface area contributed by atoms with Gasteiger partial charge < -0.3 is 4.98 Å². The van der Waals surface area contributed by atoms with Gasteiger partial charge in [-0.3, -0.25) is 14.8 Å². The molecule has 6 rings (SSSR count). The third-order valence-corrected chi connectivity index (χ3v) is 6.15. The van der Waals surface area contributed by atoms with Crippen LogP contribution in [0.5, 0.6) is 0 Å². The van der Waals surface area contributed by atoms with Crippen LogP contribution in [-0.2, 0) is 7.05 Å². The van der Waals surface area contributed by atoms with E-state index in [-0.39, 0.29) is 5.13 Å². The monoisotopic (exact) mass is 414 g/mol. The van der Waals surface area contributed by atoms with Gasteiger partial charge in [0, 0.05) is 46.2 Å². The third kappa shape index (κ3) is 2.65. The minimum absolute atomic E-state index is 0.209. The van der Waals surface area contributed by atoms with Crippen LogP contribution in [-0.4, -0.2) is 29.9 Å². The summed E-state index contributed by atoms with van der Waals surface area (Å²) >= 11 is 1.12. The number of aromatic amines is 2. The molecule has 6 aromatic rings. The molecule has 30 heavy (non-hydrogen) atoms. The molecule has 8 heteroatoms. The minimum Gasteiger partial charge on any atom is -0.352 e. The number of aryl methyl sites for hydroxylation is 1. The molecule has 0 unspecified atom stereocenters. The molecule has 0 atom stereocenters. The normalized spacial score (nSPS) is 11.7. The van der Waals surface area contributed by atoms with E-state index < -0.39 is 0 Å². The molecule has 0 saturated carbocycles. The Morgan fingerprint density at radius 1 is 0.967 bits per heavy atom. The maximum atomic E-state index is 13.6. The highest BCUT2D eigenvalue weighted by Gasteiger charge is 2.15. The number of benzene rings is 1. The Bertz CT molecular complexity index is 1540. The van der Waals surface area contributed by atoms with Crippen LogP contribution in [0.3, 0.4) is 0 Å². The van der Waals surface area contributed by atoms with Crippen molar-refractivity contribution in [3.8, 4) is 33.0 Å². The van der Waals surface area contributed by atoms with Gasteiger partial charge in [0.05, 0.1) is 29.1 Å². The van der Waals surface area contributed by atoms with E-state index in [2.05, 4.69) is 43.5 Å². The molecule has 0 aliphatic heterocycles. The van der Waals surface area contributed by atoms with Crippen molar-refractivity contribution in [2.24, 2.45) is 7.05 Å². The SMILES string of the molecule is Cn1cc(-c2ccc3[nH]nc(-c4cc5c(-c6ccc(F)s6)cncc5[nH]4)c3c2)cn1. The van der Waals surface area contributed by atoms with Crippen LogP contribution in [0, 0.1) is 5.13 Å². The van der Waals surface area contributed by atoms with Crippen LogP contribution < -0.4 is 0 Å². The lowest BCUT2D eigenvalue weighted by molar-refractivity contribution is 0.657. The summed E-state index contributed by atoms with van der Waals surface area (Å²) < 4.78 is 15.4. The maximum absolute atomic E-state index is 13.6. The fourth-order valence-corrected chi connectivity index (χ4v) is 4.56. The zero-order chi connectivity index (χ0) is 20.2. The number of nitrogens with one attached hydrogen (secondary N) is 2. The molecule has 0 fully saturated rings. The zero-order valence-corrected chi connectivity index (χ0v) is 16.7. The Hall–Kier alpha value is -3.78. The Balaban J connectivity index is 1.52. The number of rotatable bonds is 3. The van der Waals surface area contributed by atoms with Gasteiger partial charge in [0.25, 0.3) is 0 Å². The van der Waals surface area contributed by atoms with Crippen molar-refractivity contribution in [2.75, 3.05) is 0 Å². The van der Waals surface area contributed by atoms with Gasteiger partial charge in [-0.1, -0.05) is 6.07 Å². The lowest BCUT2D eigenvalue weighted by atomic mass is 10.1. The van der Waals surface area contributed by atoms with Crippen LogP contribution in [0.25, 0.3) is 54.8 Å². The summed E-state index contributed by atoms with van der Waals surface area (Å²) in [5.41, 5.74) is 6.58. The first-order valence-corrected chi connectivity index (χ1v) is 10.2. The number of halogens is 1. The number of fused-ring (bicyclic) bond motifs is 2. The molecule has 0 aliphatic rings. The zero-order valence-electron chi connectivity index (χ0n) is 15.8. The third-order valence-electron chi connectivity index (χ3n) is 5.24. The van der Waals surface area contributed by atoms with E-state index in [0.717, 1.165) is 66.1 Å². The van der Waals surface area contributed by atoms with Crippen molar-refractivity contribution in [1.82, 2.24) is 29.9 Å². The first-order chi connectivity index (χ1) is 14.7. The van der Waals surface area contributed by atoms with Crippen LogP contribution in [0.15, 0.2) is 61.2 Å². The number of H-pyrrole nitrogens is 2.